The van der Waals surface area contributed by atoms with E-state index in [2.05, 4.69) is 24.4 Å². The van der Waals surface area contributed by atoms with Crippen molar-refractivity contribution in [1.29, 1.82) is 0 Å². The van der Waals surface area contributed by atoms with Gasteiger partial charge in [-0.05, 0) is 24.5 Å². The Balaban J connectivity index is 2.95. The van der Waals surface area contributed by atoms with Crippen LogP contribution in [0.1, 0.15) is 0 Å². The Morgan fingerprint density at radius 3 is 2.83 bits per heavy atom. The van der Waals surface area contributed by atoms with E-state index in [1.165, 1.54) is 4.90 Å². The first kappa shape index (κ1) is 9.02. The summed E-state index contributed by atoms with van der Waals surface area (Å²) in [7, 11) is 1.87. The van der Waals surface area contributed by atoms with Gasteiger partial charge in [-0.25, -0.2) is 0 Å². The van der Waals surface area contributed by atoms with Gasteiger partial charge in [0.15, 0.2) is 0 Å². The van der Waals surface area contributed by atoms with Crippen LogP contribution in [0.3, 0.4) is 0 Å². The van der Waals surface area contributed by atoms with Gasteiger partial charge in [-0.2, -0.15) is 0 Å². The first-order chi connectivity index (χ1) is 5.77. The Kier molecular flexibility index (Phi) is 3.07. The Morgan fingerprint density at radius 2 is 2.25 bits per heavy atom. The van der Waals surface area contributed by atoms with E-state index in [1.807, 2.05) is 19.2 Å². The summed E-state index contributed by atoms with van der Waals surface area (Å²) < 4.78 is 0. The molecule has 1 aromatic carbocycles. The molecule has 0 aliphatic rings. The molecular weight excluding hydrogens is 166 g/mol. The molecule has 0 aliphatic carbocycles. The van der Waals surface area contributed by atoms with Crippen molar-refractivity contribution >= 4 is 17.4 Å². The third-order valence-electron chi connectivity index (χ3n) is 1.63. The average molecular weight is 177 g/mol. The fraction of sp³-hybridized carbons (Fsp3) is 0.200. The molecule has 0 aliphatic heterocycles. The third-order valence-corrected chi connectivity index (χ3v) is 2.36. The Bertz CT molecular complexity index is 301. The van der Waals surface area contributed by atoms with Gasteiger partial charge in [-0.1, -0.05) is 12.5 Å². The maximum Gasteiger partial charge on any atom is 0.0496 e. The zero-order chi connectivity index (χ0) is 8.97. The second-order valence-electron chi connectivity index (χ2n) is 2.39. The number of terminal acetylenes is 1. The zero-order valence-corrected chi connectivity index (χ0v) is 8.06. The lowest BCUT2D eigenvalue weighted by atomic mass is 10.3. The average Bonchev–Trinajstić information content (AvgIpc) is 2.17. The van der Waals surface area contributed by atoms with Gasteiger partial charge < -0.3 is 4.90 Å². The standard InChI is InChI=1S/C10H11NS/c1-4-11(2)9-6-5-7-10(8-9)12-3/h1,5-8H,2-3H3. The SMILES string of the molecule is C#CN(C)c1cccc(SC)c1. The Hall–Kier alpha value is -1.07. The number of thioether (sulfide) groups is 1. The van der Waals surface area contributed by atoms with Crippen LogP contribution >= 0.6 is 11.8 Å². The molecule has 0 N–H and O–H groups in total. The predicted molar refractivity (Wildman–Crippen MR) is 55.5 cm³/mol. The fourth-order valence-electron chi connectivity index (χ4n) is 0.894. The van der Waals surface area contributed by atoms with Gasteiger partial charge in [0, 0.05) is 23.7 Å². The second-order valence-corrected chi connectivity index (χ2v) is 3.27. The van der Waals surface area contributed by atoms with Crippen LogP contribution in [0, 0.1) is 12.5 Å². The lowest BCUT2D eigenvalue weighted by molar-refractivity contribution is 1.23. The van der Waals surface area contributed by atoms with Crippen LogP contribution in [-0.2, 0) is 0 Å². The third kappa shape index (κ3) is 1.96. The van der Waals surface area contributed by atoms with Crippen molar-refractivity contribution < 1.29 is 0 Å². The molecule has 0 radical (unpaired) electrons. The molecule has 1 aromatic rings. The normalized spacial score (nSPS) is 9.08. The molecule has 0 amide bonds. The number of benzene rings is 1. The first-order valence-corrected chi connectivity index (χ1v) is 4.84. The molecule has 0 fully saturated rings. The predicted octanol–water partition coefficient (Wildman–Crippen LogP) is 2.44. The van der Waals surface area contributed by atoms with E-state index in [0.717, 1.165) is 5.69 Å². The number of anilines is 1. The number of hydrogen-bond donors (Lipinski definition) is 0. The molecule has 0 atom stereocenters. The highest BCUT2D eigenvalue weighted by Gasteiger charge is 1.96. The van der Waals surface area contributed by atoms with Crippen molar-refractivity contribution in [3.05, 3.63) is 24.3 Å². The lowest BCUT2D eigenvalue weighted by Crippen LogP contribution is -2.07. The summed E-state index contributed by atoms with van der Waals surface area (Å²) in [6.07, 6.45) is 7.32. The van der Waals surface area contributed by atoms with E-state index in [9.17, 15) is 0 Å². The van der Waals surface area contributed by atoms with Crippen LogP contribution < -0.4 is 4.90 Å². The van der Waals surface area contributed by atoms with Gasteiger partial charge in [-0.3, -0.25) is 0 Å². The summed E-state index contributed by atoms with van der Waals surface area (Å²) in [5, 5.41) is 0. The molecule has 0 spiro atoms. The summed E-state index contributed by atoms with van der Waals surface area (Å²) in [6.45, 7) is 0. The molecule has 1 rings (SSSR count). The molecule has 1 nitrogen and oxygen atoms in total. The molecule has 0 saturated carbocycles. The van der Waals surface area contributed by atoms with Crippen LogP contribution in [0.15, 0.2) is 29.2 Å². The van der Waals surface area contributed by atoms with Gasteiger partial charge in [0.25, 0.3) is 0 Å². The zero-order valence-electron chi connectivity index (χ0n) is 7.24. The number of hydrogen-bond acceptors (Lipinski definition) is 2. The summed E-state index contributed by atoms with van der Waals surface area (Å²) in [6, 6.07) is 10.7. The highest BCUT2D eigenvalue weighted by molar-refractivity contribution is 7.98. The van der Waals surface area contributed by atoms with Gasteiger partial charge >= 0.3 is 0 Å². The second kappa shape index (κ2) is 4.08. The van der Waals surface area contributed by atoms with Crippen molar-refractivity contribution in [2.75, 3.05) is 18.2 Å². The van der Waals surface area contributed by atoms with Crippen molar-refractivity contribution in [3.63, 3.8) is 0 Å². The monoisotopic (exact) mass is 177 g/mol. The summed E-state index contributed by atoms with van der Waals surface area (Å²) in [5.74, 6) is 0. The molecule has 0 heterocycles. The van der Waals surface area contributed by atoms with Gasteiger partial charge in [0.1, 0.15) is 0 Å². The molecule has 0 bridgehead atoms. The van der Waals surface area contributed by atoms with Crippen molar-refractivity contribution in [1.82, 2.24) is 0 Å². The van der Waals surface area contributed by atoms with E-state index in [4.69, 9.17) is 6.42 Å². The lowest BCUT2D eigenvalue weighted by Gasteiger charge is -2.10. The first-order valence-electron chi connectivity index (χ1n) is 3.62. The van der Waals surface area contributed by atoms with Crippen LogP contribution in [-0.4, -0.2) is 13.3 Å². The van der Waals surface area contributed by atoms with Gasteiger partial charge in [0.05, 0.1) is 0 Å². The maximum absolute atomic E-state index is 5.26. The molecule has 0 saturated heterocycles. The van der Waals surface area contributed by atoms with Crippen LogP contribution in [0.25, 0.3) is 0 Å². The minimum Gasteiger partial charge on any atom is -0.305 e. The van der Waals surface area contributed by atoms with E-state index >= 15 is 0 Å². The summed E-state index contributed by atoms with van der Waals surface area (Å²) >= 11 is 1.72. The highest BCUT2D eigenvalue weighted by Crippen LogP contribution is 2.20. The van der Waals surface area contributed by atoms with E-state index in [0.29, 0.717) is 0 Å². The molecule has 2 heteroatoms. The van der Waals surface area contributed by atoms with Crippen molar-refractivity contribution in [2.24, 2.45) is 0 Å². The van der Waals surface area contributed by atoms with Crippen molar-refractivity contribution in [3.8, 4) is 12.5 Å². The van der Waals surface area contributed by atoms with E-state index in [1.54, 1.807) is 16.7 Å². The Labute approximate surface area is 77.8 Å². The Morgan fingerprint density at radius 1 is 1.50 bits per heavy atom. The highest BCUT2D eigenvalue weighted by atomic mass is 32.2. The van der Waals surface area contributed by atoms with Crippen LogP contribution in [0.5, 0.6) is 0 Å². The molecule has 62 valence electrons. The van der Waals surface area contributed by atoms with E-state index in [-0.39, 0.29) is 0 Å². The summed E-state index contributed by atoms with van der Waals surface area (Å²) in [4.78, 5) is 2.99. The minimum atomic E-state index is 1.06. The van der Waals surface area contributed by atoms with E-state index < -0.39 is 0 Å². The van der Waals surface area contributed by atoms with Gasteiger partial charge in [-0.15, -0.1) is 11.8 Å². The quantitative estimate of drug-likeness (QED) is 0.388. The number of rotatable bonds is 2. The minimum absolute atomic E-state index is 1.06. The smallest absolute Gasteiger partial charge is 0.0496 e. The molecule has 0 aromatic heterocycles. The van der Waals surface area contributed by atoms with Crippen LogP contribution in [0.4, 0.5) is 5.69 Å². The van der Waals surface area contributed by atoms with Gasteiger partial charge in [0.2, 0.25) is 0 Å². The summed E-state index contributed by atoms with van der Waals surface area (Å²) in [5.41, 5.74) is 1.06. The largest absolute Gasteiger partial charge is 0.305 e. The number of nitrogens with zero attached hydrogens (tertiary/aromatic N) is 1. The molecule has 0 unspecified atom stereocenters. The molecule has 12 heavy (non-hydrogen) atoms. The maximum atomic E-state index is 5.26. The van der Waals surface area contributed by atoms with Crippen LogP contribution in [0.2, 0.25) is 0 Å². The topological polar surface area (TPSA) is 3.24 Å². The molecular formula is C10H11NS. The van der Waals surface area contributed by atoms with Crippen molar-refractivity contribution in [2.45, 2.75) is 4.90 Å². The fourth-order valence-corrected chi connectivity index (χ4v) is 1.35.